The van der Waals surface area contributed by atoms with Crippen molar-refractivity contribution in [2.45, 2.75) is 60.7 Å². The fourth-order valence-electron chi connectivity index (χ4n) is 4.69. The van der Waals surface area contributed by atoms with Crippen molar-refractivity contribution in [1.29, 1.82) is 0 Å². The first-order valence-corrected chi connectivity index (χ1v) is 11.7. The van der Waals surface area contributed by atoms with Gasteiger partial charge in [0.25, 0.3) is 0 Å². The highest BCUT2D eigenvalue weighted by Gasteiger charge is 2.21. The Morgan fingerprint density at radius 1 is 1.06 bits per heavy atom. The number of likely N-dealkylation sites (tertiary alicyclic amines) is 1. The van der Waals surface area contributed by atoms with Crippen molar-refractivity contribution >= 4 is 5.96 Å². The molecule has 0 aliphatic carbocycles. The largest absolute Gasteiger partial charge is 0.357 e. The third-order valence-electron chi connectivity index (χ3n) is 6.23. The molecule has 2 unspecified atom stereocenters. The summed E-state index contributed by atoms with van der Waals surface area (Å²) in [5.41, 5.74) is 6.11. The zero-order valence-electron chi connectivity index (χ0n) is 20.2. The van der Waals surface area contributed by atoms with Crippen LogP contribution in [0.5, 0.6) is 0 Å². The van der Waals surface area contributed by atoms with Crippen molar-refractivity contribution in [1.82, 2.24) is 25.3 Å². The molecule has 1 aromatic heterocycles. The first kappa shape index (κ1) is 23.3. The summed E-state index contributed by atoms with van der Waals surface area (Å²) in [5.74, 6) is 2.44. The smallest absolute Gasteiger partial charge is 0.191 e. The maximum atomic E-state index is 4.79. The van der Waals surface area contributed by atoms with E-state index >= 15 is 0 Å². The second kappa shape index (κ2) is 10.8. The number of guanidine groups is 1. The van der Waals surface area contributed by atoms with Crippen LogP contribution in [0.25, 0.3) is 0 Å². The average molecular weight is 425 g/mol. The second-order valence-corrected chi connectivity index (χ2v) is 9.28. The summed E-state index contributed by atoms with van der Waals surface area (Å²) in [6.45, 7) is 16.7. The number of hydrogen-bond donors (Lipinski definition) is 2. The van der Waals surface area contributed by atoms with Gasteiger partial charge in [-0.1, -0.05) is 38.1 Å². The molecule has 1 aliphatic heterocycles. The lowest BCUT2D eigenvalue weighted by molar-refractivity contribution is 0.134. The van der Waals surface area contributed by atoms with Gasteiger partial charge < -0.3 is 10.6 Å². The van der Waals surface area contributed by atoms with Crippen LogP contribution in [-0.4, -0.2) is 40.3 Å². The minimum Gasteiger partial charge on any atom is -0.357 e. The van der Waals surface area contributed by atoms with Gasteiger partial charge in [-0.05, 0) is 50.2 Å². The van der Waals surface area contributed by atoms with E-state index in [0.717, 1.165) is 43.1 Å². The van der Waals surface area contributed by atoms with Gasteiger partial charge in [0.05, 0.1) is 12.2 Å². The summed E-state index contributed by atoms with van der Waals surface area (Å²) in [4.78, 5) is 7.39. The number of hydrogen-bond acceptors (Lipinski definition) is 3. The molecule has 2 atom stereocenters. The van der Waals surface area contributed by atoms with E-state index in [9.17, 15) is 0 Å². The Balaban J connectivity index is 1.56. The minimum atomic E-state index is 0.665. The van der Waals surface area contributed by atoms with E-state index in [1.54, 1.807) is 0 Å². The summed E-state index contributed by atoms with van der Waals surface area (Å²) in [6.07, 6.45) is 1.36. The van der Waals surface area contributed by atoms with Crippen LogP contribution in [0.2, 0.25) is 0 Å². The van der Waals surface area contributed by atoms with Crippen LogP contribution < -0.4 is 10.6 Å². The Hall–Kier alpha value is -2.34. The van der Waals surface area contributed by atoms with Crippen LogP contribution in [0, 0.1) is 25.7 Å². The van der Waals surface area contributed by atoms with Crippen LogP contribution in [-0.2, 0) is 26.7 Å². The van der Waals surface area contributed by atoms with Crippen molar-refractivity contribution in [3.63, 3.8) is 0 Å². The molecule has 3 rings (SSSR count). The van der Waals surface area contributed by atoms with Gasteiger partial charge in [-0.15, -0.1) is 0 Å². The third-order valence-corrected chi connectivity index (χ3v) is 6.23. The highest BCUT2D eigenvalue weighted by molar-refractivity contribution is 5.79. The number of benzene rings is 1. The number of aryl methyl sites for hydroxylation is 2. The minimum absolute atomic E-state index is 0.665. The quantitative estimate of drug-likeness (QED) is 0.525. The van der Waals surface area contributed by atoms with Gasteiger partial charge in [-0.3, -0.25) is 9.58 Å². The summed E-state index contributed by atoms with van der Waals surface area (Å²) in [6, 6.07) is 8.96. The van der Waals surface area contributed by atoms with Gasteiger partial charge in [0.2, 0.25) is 0 Å². The van der Waals surface area contributed by atoms with Crippen molar-refractivity contribution in [2.75, 3.05) is 19.6 Å². The SMILES string of the molecule is CCNC(=NCc1ccc(CN2CC(C)CC(C)C2)cc1)NCc1c(C)nn(C)c1C. The fraction of sp³-hybridized carbons (Fsp3) is 0.600. The predicted octanol–water partition coefficient (Wildman–Crippen LogP) is 3.77. The van der Waals surface area contributed by atoms with Crippen molar-refractivity contribution < 1.29 is 0 Å². The molecule has 1 aliphatic rings. The molecule has 1 saturated heterocycles. The molecule has 6 nitrogen and oxygen atoms in total. The lowest BCUT2D eigenvalue weighted by atomic mass is 9.91. The molecule has 0 saturated carbocycles. The van der Waals surface area contributed by atoms with Gasteiger partial charge >= 0.3 is 0 Å². The Morgan fingerprint density at radius 3 is 2.29 bits per heavy atom. The van der Waals surface area contributed by atoms with E-state index in [1.165, 1.54) is 41.9 Å². The average Bonchev–Trinajstić information content (AvgIpc) is 2.96. The highest BCUT2D eigenvalue weighted by Crippen LogP contribution is 2.22. The van der Waals surface area contributed by atoms with Gasteiger partial charge in [0, 0.05) is 51.0 Å². The molecular weight excluding hydrogens is 384 g/mol. The molecule has 0 radical (unpaired) electrons. The van der Waals surface area contributed by atoms with E-state index in [2.05, 4.69) is 79.5 Å². The monoisotopic (exact) mass is 424 g/mol. The lowest BCUT2D eigenvalue weighted by Gasteiger charge is -2.35. The maximum absolute atomic E-state index is 4.79. The van der Waals surface area contributed by atoms with E-state index < -0.39 is 0 Å². The van der Waals surface area contributed by atoms with Crippen LogP contribution in [0.15, 0.2) is 29.3 Å². The summed E-state index contributed by atoms with van der Waals surface area (Å²) in [7, 11) is 1.99. The molecule has 1 aromatic carbocycles. The number of aromatic nitrogens is 2. The number of rotatable bonds is 7. The number of piperidine rings is 1. The normalized spacial score (nSPS) is 20.1. The first-order chi connectivity index (χ1) is 14.9. The zero-order valence-corrected chi connectivity index (χ0v) is 20.2. The topological polar surface area (TPSA) is 57.5 Å². The van der Waals surface area contributed by atoms with E-state index in [-0.39, 0.29) is 0 Å². The molecule has 2 N–H and O–H groups in total. The maximum Gasteiger partial charge on any atom is 0.191 e. The van der Waals surface area contributed by atoms with Crippen molar-refractivity contribution in [3.05, 3.63) is 52.3 Å². The molecule has 0 spiro atoms. The summed E-state index contributed by atoms with van der Waals surface area (Å²) >= 11 is 0. The van der Waals surface area contributed by atoms with Gasteiger partial charge in [0.1, 0.15) is 0 Å². The van der Waals surface area contributed by atoms with Crippen LogP contribution in [0.4, 0.5) is 0 Å². The van der Waals surface area contributed by atoms with Crippen LogP contribution in [0.3, 0.4) is 0 Å². The molecule has 0 amide bonds. The van der Waals surface area contributed by atoms with E-state index in [4.69, 9.17) is 4.99 Å². The fourth-order valence-corrected chi connectivity index (χ4v) is 4.69. The van der Waals surface area contributed by atoms with Gasteiger partial charge in [-0.2, -0.15) is 5.10 Å². The van der Waals surface area contributed by atoms with E-state index in [1.807, 2.05) is 11.7 Å². The molecule has 31 heavy (non-hydrogen) atoms. The molecular formula is C25H40N6. The van der Waals surface area contributed by atoms with Crippen molar-refractivity contribution in [2.24, 2.45) is 23.9 Å². The summed E-state index contributed by atoms with van der Waals surface area (Å²) < 4.78 is 1.93. The molecule has 1 fully saturated rings. The Labute approximate surface area is 188 Å². The standard InChI is InChI=1S/C25H40N6/c1-7-26-25(28-14-24-20(4)29-30(6)21(24)5)27-13-22-8-10-23(11-9-22)17-31-15-18(2)12-19(3)16-31/h8-11,18-19H,7,12-17H2,1-6H3,(H2,26,27,28). The van der Waals surface area contributed by atoms with Crippen molar-refractivity contribution in [3.8, 4) is 0 Å². The van der Waals surface area contributed by atoms with Crippen LogP contribution in [0.1, 0.15) is 55.3 Å². The number of aliphatic imine (C=N–C) groups is 1. The van der Waals surface area contributed by atoms with Gasteiger partial charge in [-0.25, -0.2) is 4.99 Å². The predicted molar refractivity (Wildman–Crippen MR) is 129 cm³/mol. The number of nitrogens with one attached hydrogen (secondary N) is 2. The Kier molecular flexibility index (Phi) is 8.13. The molecule has 2 aromatic rings. The first-order valence-electron chi connectivity index (χ1n) is 11.7. The Morgan fingerprint density at radius 2 is 1.71 bits per heavy atom. The molecule has 2 heterocycles. The number of nitrogens with zero attached hydrogens (tertiary/aromatic N) is 4. The van der Waals surface area contributed by atoms with E-state index in [0.29, 0.717) is 6.54 Å². The van der Waals surface area contributed by atoms with Crippen LogP contribution >= 0.6 is 0 Å². The highest BCUT2D eigenvalue weighted by atomic mass is 15.3. The Bertz CT molecular complexity index is 857. The molecule has 0 bridgehead atoms. The third kappa shape index (κ3) is 6.57. The zero-order chi connectivity index (χ0) is 22.4. The molecule has 6 heteroatoms. The van der Waals surface area contributed by atoms with Gasteiger partial charge in [0.15, 0.2) is 5.96 Å². The summed E-state index contributed by atoms with van der Waals surface area (Å²) in [5, 5.41) is 11.3. The second-order valence-electron chi connectivity index (χ2n) is 9.28. The lowest BCUT2D eigenvalue weighted by Crippen LogP contribution is -2.38. The molecule has 170 valence electrons.